The van der Waals surface area contributed by atoms with Crippen molar-refractivity contribution in [3.8, 4) is 0 Å². The van der Waals surface area contributed by atoms with Crippen LogP contribution in [-0.2, 0) is 0 Å². The number of nitrogens with zero attached hydrogens (tertiary/aromatic N) is 4. The van der Waals surface area contributed by atoms with Crippen molar-refractivity contribution in [1.82, 2.24) is 14.9 Å². The maximum absolute atomic E-state index is 4.80. The van der Waals surface area contributed by atoms with Crippen LogP contribution >= 0.6 is 0 Å². The van der Waals surface area contributed by atoms with Crippen LogP contribution in [0.5, 0.6) is 0 Å². The number of likely N-dealkylation sites (N-methyl/N-ethyl adjacent to an activating group) is 2. The van der Waals surface area contributed by atoms with Crippen LogP contribution in [-0.4, -0.2) is 55.1 Å². The van der Waals surface area contributed by atoms with Crippen molar-refractivity contribution in [2.75, 3.05) is 45.0 Å². The van der Waals surface area contributed by atoms with Gasteiger partial charge in [0.2, 0.25) is 0 Å². The summed E-state index contributed by atoms with van der Waals surface area (Å²) < 4.78 is 0. The van der Waals surface area contributed by atoms with E-state index in [0.29, 0.717) is 11.5 Å². The van der Waals surface area contributed by atoms with Crippen LogP contribution in [0, 0.1) is 0 Å². The molecule has 0 unspecified atom stereocenters. The van der Waals surface area contributed by atoms with Crippen molar-refractivity contribution in [2.24, 2.45) is 0 Å². The summed E-state index contributed by atoms with van der Waals surface area (Å²) in [5.41, 5.74) is 0.319. The van der Waals surface area contributed by atoms with Gasteiger partial charge in [-0.3, -0.25) is 0 Å². The summed E-state index contributed by atoms with van der Waals surface area (Å²) >= 11 is 0. The van der Waals surface area contributed by atoms with Crippen LogP contribution in [0.3, 0.4) is 0 Å². The molecule has 0 aromatic carbocycles. The highest BCUT2D eigenvalue weighted by Gasteiger charge is 2.40. The Morgan fingerprint density at radius 2 is 1.95 bits per heavy atom. The minimum Gasteiger partial charge on any atom is -0.373 e. The first-order chi connectivity index (χ1) is 10.0. The van der Waals surface area contributed by atoms with E-state index in [1.54, 1.807) is 0 Å². The highest BCUT2D eigenvalue weighted by molar-refractivity contribution is 5.49. The molecule has 3 rings (SSSR count). The molecule has 0 atom stereocenters. The van der Waals surface area contributed by atoms with E-state index in [1.165, 1.54) is 32.1 Å². The molecule has 116 valence electrons. The van der Waals surface area contributed by atoms with E-state index >= 15 is 0 Å². The Bertz CT molecular complexity index is 505. The Hall–Kier alpha value is -1.36. The second kappa shape index (κ2) is 5.44. The van der Waals surface area contributed by atoms with E-state index in [4.69, 9.17) is 4.98 Å². The lowest BCUT2D eigenvalue weighted by Gasteiger charge is -2.49. The summed E-state index contributed by atoms with van der Waals surface area (Å²) in [7, 11) is 8.47. The molecule has 1 heterocycles. The summed E-state index contributed by atoms with van der Waals surface area (Å²) in [6, 6.07) is 2.06. The lowest BCUT2D eigenvalue weighted by atomic mass is 9.75. The Labute approximate surface area is 127 Å². The van der Waals surface area contributed by atoms with Crippen molar-refractivity contribution in [1.29, 1.82) is 0 Å². The fourth-order valence-corrected chi connectivity index (χ4v) is 3.15. The normalized spacial score (nSPS) is 20.2. The standard InChI is InChI=1S/C16H27N5/c1-17-13-10-14(19-15(18-13)12-6-7-12)21(4)11-16(20(2)3)8-5-9-16/h10,12H,5-9,11H2,1-4H3,(H,17,18,19). The molecule has 2 fully saturated rings. The summed E-state index contributed by atoms with van der Waals surface area (Å²) in [5, 5.41) is 3.17. The van der Waals surface area contributed by atoms with Gasteiger partial charge in [-0.1, -0.05) is 0 Å². The highest BCUT2D eigenvalue weighted by atomic mass is 15.3. The van der Waals surface area contributed by atoms with Gasteiger partial charge in [0.15, 0.2) is 0 Å². The van der Waals surface area contributed by atoms with Crippen LogP contribution in [0.25, 0.3) is 0 Å². The molecule has 2 aliphatic rings. The van der Waals surface area contributed by atoms with Crippen LogP contribution < -0.4 is 10.2 Å². The molecule has 0 saturated heterocycles. The zero-order valence-electron chi connectivity index (χ0n) is 13.7. The highest BCUT2D eigenvalue weighted by Crippen LogP contribution is 2.40. The smallest absolute Gasteiger partial charge is 0.136 e. The molecule has 1 N–H and O–H groups in total. The van der Waals surface area contributed by atoms with Gasteiger partial charge in [-0.25, -0.2) is 9.97 Å². The molecule has 0 aliphatic heterocycles. The van der Waals surface area contributed by atoms with Crippen molar-refractivity contribution in [3.63, 3.8) is 0 Å². The molecule has 0 radical (unpaired) electrons. The number of aromatic nitrogens is 2. The zero-order valence-corrected chi connectivity index (χ0v) is 13.7. The minimum absolute atomic E-state index is 0.319. The summed E-state index contributed by atoms with van der Waals surface area (Å²) in [6.07, 6.45) is 6.37. The summed E-state index contributed by atoms with van der Waals surface area (Å²) in [5.74, 6) is 3.57. The van der Waals surface area contributed by atoms with Gasteiger partial charge in [0.25, 0.3) is 0 Å². The van der Waals surface area contributed by atoms with Crippen molar-refractivity contribution in [2.45, 2.75) is 43.6 Å². The van der Waals surface area contributed by atoms with Gasteiger partial charge in [0.1, 0.15) is 17.5 Å². The molecule has 5 heteroatoms. The maximum Gasteiger partial charge on any atom is 0.136 e. The lowest BCUT2D eigenvalue weighted by molar-refractivity contribution is 0.0681. The van der Waals surface area contributed by atoms with Crippen LogP contribution in [0.15, 0.2) is 6.07 Å². The van der Waals surface area contributed by atoms with Gasteiger partial charge >= 0.3 is 0 Å². The number of nitrogens with one attached hydrogen (secondary N) is 1. The Morgan fingerprint density at radius 3 is 2.43 bits per heavy atom. The maximum atomic E-state index is 4.80. The summed E-state index contributed by atoms with van der Waals surface area (Å²) in [6.45, 7) is 1.03. The second-order valence-corrected chi connectivity index (χ2v) is 6.82. The molecule has 5 nitrogen and oxygen atoms in total. The second-order valence-electron chi connectivity index (χ2n) is 6.82. The van der Waals surface area contributed by atoms with E-state index in [2.05, 4.69) is 47.3 Å². The van der Waals surface area contributed by atoms with Gasteiger partial charge in [-0.2, -0.15) is 0 Å². The molecule has 0 bridgehead atoms. The molecule has 1 aromatic heterocycles. The minimum atomic E-state index is 0.319. The molecule has 2 saturated carbocycles. The van der Waals surface area contributed by atoms with Gasteiger partial charge in [0, 0.05) is 38.2 Å². The number of hydrogen-bond acceptors (Lipinski definition) is 5. The number of rotatable bonds is 6. The largest absolute Gasteiger partial charge is 0.373 e. The van der Waals surface area contributed by atoms with Crippen molar-refractivity contribution in [3.05, 3.63) is 11.9 Å². The topological polar surface area (TPSA) is 44.3 Å². The first kappa shape index (κ1) is 14.6. The monoisotopic (exact) mass is 289 g/mol. The van der Waals surface area contributed by atoms with Gasteiger partial charge < -0.3 is 15.1 Å². The van der Waals surface area contributed by atoms with Crippen LogP contribution in [0.2, 0.25) is 0 Å². The molecule has 1 aromatic rings. The average molecular weight is 289 g/mol. The third-order valence-electron chi connectivity index (χ3n) is 5.08. The molecule has 0 amide bonds. The Balaban J connectivity index is 1.80. The first-order valence-corrected chi connectivity index (χ1v) is 7.99. The van der Waals surface area contributed by atoms with E-state index in [1.807, 2.05) is 7.05 Å². The van der Waals surface area contributed by atoms with Gasteiger partial charge in [-0.05, 0) is 46.2 Å². The van der Waals surface area contributed by atoms with Crippen molar-refractivity contribution < 1.29 is 0 Å². The first-order valence-electron chi connectivity index (χ1n) is 7.99. The predicted octanol–water partition coefficient (Wildman–Crippen LogP) is 2.32. The van der Waals surface area contributed by atoms with Gasteiger partial charge in [0.05, 0.1) is 0 Å². The van der Waals surface area contributed by atoms with E-state index < -0.39 is 0 Å². The average Bonchev–Trinajstić information content (AvgIpc) is 3.26. The lowest BCUT2D eigenvalue weighted by Crippen LogP contribution is -2.56. The zero-order chi connectivity index (χ0) is 15.0. The third kappa shape index (κ3) is 2.84. The predicted molar refractivity (Wildman–Crippen MR) is 87.1 cm³/mol. The molecule has 21 heavy (non-hydrogen) atoms. The number of anilines is 2. The third-order valence-corrected chi connectivity index (χ3v) is 5.08. The quantitative estimate of drug-likeness (QED) is 0.870. The van der Waals surface area contributed by atoms with E-state index in [-0.39, 0.29) is 0 Å². The van der Waals surface area contributed by atoms with E-state index in [9.17, 15) is 0 Å². The SMILES string of the molecule is CNc1cc(N(C)CC2(N(C)C)CCC2)nc(C2CC2)n1. The Kier molecular flexibility index (Phi) is 3.78. The van der Waals surface area contributed by atoms with Crippen LogP contribution in [0.1, 0.15) is 43.8 Å². The van der Waals surface area contributed by atoms with E-state index in [0.717, 1.165) is 24.0 Å². The molecule has 0 spiro atoms. The summed E-state index contributed by atoms with van der Waals surface area (Å²) in [4.78, 5) is 14.1. The molecular weight excluding hydrogens is 262 g/mol. The fourth-order valence-electron chi connectivity index (χ4n) is 3.15. The van der Waals surface area contributed by atoms with Crippen molar-refractivity contribution >= 4 is 11.6 Å². The molecule has 2 aliphatic carbocycles. The molecular formula is C16H27N5. The number of hydrogen-bond donors (Lipinski definition) is 1. The fraction of sp³-hybridized carbons (Fsp3) is 0.750. The Morgan fingerprint density at radius 1 is 1.24 bits per heavy atom. The van der Waals surface area contributed by atoms with Crippen LogP contribution in [0.4, 0.5) is 11.6 Å². The van der Waals surface area contributed by atoms with Gasteiger partial charge in [-0.15, -0.1) is 0 Å².